The Bertz CT molecular complexity index is 1080. The molecule has 0 bridgehead atoms. The predicted molar refractivity (Wildman–Crippen MR) is 119 cm³/mol. The number of benzene rings is 1. The average molecular weight is 458 g/mol. The molecule has 10 heteroatoms. The maximum atomic E-state index is 14.3. The minimum Gasteiger partial charge on any atom is -0.365 e. The van der Waals surface area contributed by atoms with Crippen molar-refractivity contribution in [3.8, 4) is 11.5 Å². The lowest BCUT2D eigenvalue weighted by atomic mass is 10.0. The van der Waals surface area contributed by atoms with Gasteiger partial charge < -0.3 is 14.4 Å². The molecule has 32 heavy (non-hydrogen) atoms. The van der Waals surface area contributed by atoms with E-state index in [1.54, 1.807) is 36.4 Å². The molecule has 1 aromatic carbocycles. The zero-order valence-corrected chi connectivity index (χ0v) is 18.7. The van der Waals surface area contributed by atoms with Crippen LogP contribution in [-0.4, -0.2) is 67.6 Å². The van der Waals surface area contributed by atoms with Crippen LogP contribution in [0.25, 0.3) is 11.5 Å². The van der Waals surface area contributed by atoms with Crippen LogP contribution in [0.4, 0.5) is 14.5 Å². The number of halogens is 2. The Labute approximate surface area is 189 Å². The highest BCUT2D eigenvalue weighted by Gasteiger charge is 2.41. The van der Waals surface area contributed by atoms with E-state index in [4.69, 9.17) is 0 Å². The summed E-state index contributed by atoms with van der Waals surface area (Å²) < 4.78 is 29.5. The molecule has 2 saturated heterocycles. The molecule has 2 aliphatic heterocycles. The molecule has 0 N–H and O–H groups in total. The van der Waals surface area contributed by atoms with Crippen LogP contribution in [0, 0.1) is 17.6 Å². The summed E-state index contributed by atoms with van der Waals surface area (Å²) in [4.78, 5) is 13.0. The molecule has 5 rings (SSSR count). The van der Waals surface area contributed by atoms with Gasteiger partial charge in [0.05, 0.1) is 11.9 Å². The molecule has 0 radical (unpaired) electrons. The number of hydrogen-bond acceptors (Lipinski definition) is 7. The van der Waals surface area contributed by atoms with Crippen LogP contribution in [0.5, 0.6) is 0 Å². The van der Waals surface area contributed by atoms with Gasteiger partial charge in [0, 0.05) is 56.9 Å². The molecule has 2 unspecified atom stereocenters. The molecule has 168 valence electrons. The zero-order valence-electron chi connectivity index (χ0n) is 17.9. The average Bonchev–Trinajstić information content (AvgIpc) is 3.47. The molecule has 3 aromatic rings. The first kappa shape index (κ1) is 21.3. The number of fused-ring (bicyclic) bond motifs is 1. The maximum Gasteiger partial charge on any atom is 0.191 e. The van der Waals surface area contributed by atoms with Gasteiger partial charge >= 0.3 is 0 Å². The highest BCUT2D eigenvalue weighted by Crippen LogP contribution is 2.36. The summed E-state index contributed by atoms with van der Waals surface area (Å²) in [7, 11) is 1.94. The van der Waals surface area contributed by atoms with Crippen molar-refractivity contribution in [2.24, 2.45) is 13.0 Å². The van der Waals surface area contributed by atoms with Gasteiger partial charge in [-0.15, -0.1) is 10.2 Å². The van der Waals surface area contributed by atoms with Crippen LogP contribution < -0.4 is 4.90 Å². The van der Waals surface area contributed by atoms with Crippen molar-refractivity contribution in [3.63, 3.8) is 0 Å². The van der Waals surface area contributed by atoms with Gasteiger partial charge in [-0.3, -0.25) is 4.98 Å². The van der Waals surface area contributed by atoms with Crippen molar-refractivity contribution in [1.82, 2.24) is 29.6 Å². The van der Waals surface area contributed by atoms with Crippen molar-refractivity contribution in [2.75, 3.05) is 36.8 Å². The molecule has 2 aliphatic rings. The minimum atomic E-state index is -0.528. The standard InChI is InChI=1S/C22H25F2N7S/c1-29-21(18-12-25-6-7-26-18)27-28-22(29)32-10-2-8-30-13-15-5-9-31(20(15)14-30)19-4-3-16(23)11-17(19)24/h3-4,6-7,11-12,15,20H,2,5,8-10,13-14H2,1H3. The first-order valence-electron chi connectivity index (χ1n) is 10.8. The fourth-order valence-corrected chi connectivity index (χ4v) is 5.61. The fraction of sp³-hybridized carbons (Fsp3) is 0.455. The molecule has 0 saturated carbocycles. The second-order valence-electron chi connectivity index (χ2n) is 8.32. The van der Waals surface area contributed by atoms with E-state index >= 15 is 0 Å². The van der Waals surface area contributed by atoms with Gasteiger partial charge in [0.2, 0.25) is 0 Å². The van der Waals surface area contributed by atoms with Gasteiger partial charge in [0.25, 0.3) is 0 Å². The van der Waals surface area contributed by atoms with Gasteiger partial charge in [0.1, 0.15) is 17.3 Å². The number of hydrogen-bond donors (Lipinski definition) is 0. The van der Waals surface area contributed by atoms with Gasteiger partial charge in [-0.25, -0.2) is 13.8 Å². The quantitative estimate of drug-likeness (QED) is 0.399. The lowest BCUT2D eigenvalue weighted by Crippen LogP contribution is -2.36. The van der Waals surface area contributed by atoms with Crippen LogP contribution in [0.15, 0.2) is 41.9 Å². The largest absolute Gasteiger partial charge is 0.365 e. The van der Waals surface area contributed by atoms with Crippen molar-refractivity contribution in [3.05, 3.63) is 48.4 Å². The molecular weight excluding hydrogens is 432 g/mol. The van der Waals surface area contributed by atoms with Crippen LogP contribution in [0.3, 0.4) is 0 Å². The van der Waals surface area contributed by atoms with Crippen LogP contribution in [-0.2, 0) is 7.05 Å². The Hall–Kier alpha value is -2.59. The number of thioether (sulfide) groups is 1. The molecule has 0 spiro atoms. The zero-order chi connectivity index (χ0) is 22.1. The van der Waals surface area contributed by atoms with E-state index in [0.717, 1.165) is 56.0 Å². The van der Waals surface area contributed by atoms with Crippen molar-refractivity contribution >= 4 is 17.4 Å². The van der Waals surface area contributed by atoms with Crippen LogP contribution in [0.1, 0.15) is 12.8 Å². The molecule has 4 heterocycles. The number of aromatic nitrogens is 5. The molecule has 2 aromatic heterocycles. The SMILES string of the molecule is Cn1c(SCCCN2CC3CCN(c4ccc(F)cc4F)C3C2)nnc1-c1cnccn1. The molecule has 2 atom stereocenters. The van der Waals surface area contributed by atoms with Gasteiger partial charge in [-0.2, -0.15) is 0 Å². The maximum absolute atomic E-state index is 14.3. The highest BCUT2D eigenvalue weighted by atomic mass is 32.2. The van der Waals surface area contributed by atoms with Gasteiger partial charge in [-0.05, 0) is 37.4 Å². The Balaban J connectivity index is 1.12. The first-order valence-corrected chi connectivity index (χ1v) is 11.8. The smallest absolute Gasteiger partial charge is 0.191 e. The third-order valence-corrected chi connectivity index (χ3v) is 7.43. The Morgan fingerprint density at radius 3 is 2.88 bits per heavy atom. The minimum absolute atomic E-state index is 0.302. The monoisotopic (exact) mass is 457 g/mol. The summed E-state index contributed by atoms with van der Waals surface area (Å²) in [5.41, 5.74) is 1.23. The summed E-state index contributed by atoms with van der Waals surface area (Å²) in [5.74, 6) is 1.19. The van der Waals surface area contributed by atoms with E-state index in [-0.39, 0.29) is 0 Å². The number of anilines is 1. The lowest BCUT2D eigenvalue weighted by molar-refractivity contribution is 0.319. The van der Waals surface area contributed by atoms with E-state index in [0.29, 0.717) is 29.2 Å². The highest BCUT2D eigenvalue weighted by molar-refractivity contribution is 7.99. The Kier molecular flexibility index (Phi) is 6.05. The van der Waals surface area contributed by atoms with E-state index in [2.05, 4.69) is 30.0 Å². The van der Waals surface area contributed by atoms with Crippen LogP contribution in [0.2, 0.25) is 0 Å². The van der Waals surface area contributed by atoms with Crippen molar-refractivity contribution in [1.29, 1.82) is 0 Å². The van der Waals surface area contributed by atoms with Gasteiger partial charge in [-0.1, -0.05) is 11.8 Å². The molecule has 7 nitrogen and oxygen atoms in total. The molecular formula is C22H25F2N7S. The number of likely N-dealkylation sites (tertiary alicyclic amines) is 1. The van der Waals surface area contributed by atoms with E-state index < -0.39 is 11.6 Å². The van der Waals surface area contributed by atoms with Crippen molar-refractivity contribution in [2.45, 2.75) is 24.0 Å². The number of rotatable bonds is 7. The van der Waals surface area contributed by atoms with E-state index in [1.165, 1.54) is 6.07 Å². The third-order valence-electron chi connectivity index (χ3n) is 6.32. The fourth-order valence-electron chi connectivity index (χ4n) is 4.77. The molecule has 2 fully saturated rings. The Morgan fingerprint density at radius 2 is 2.06 bits per heavy atom. The summed E-state index contributed by atoms with van der Waals surface area (Å²) in [6.45, 7) is 3.79. The van der Waals surface area contributed by atoms with E-state index in [1.807, 2.05) is 11.6 Å². The third kappa shape index (κ3) is 4.21. The normalized spacial score (nSPS) is 20.8. The summed E-state index contributed by atoms with van der Waals surface area (Å²) in [6.07, 6.45) is 7.05. The lowest BCUT2D eigenvalue weighted by Gasteiger charge is -2.27. The van der Waals surface area contributed by atoms with Crippen molar-refractivity contribution < 1.29 is 8.78 Å². The summed E-state index contributed by atoms with van der Waals surface area (Å²) in [5, 5.41) is 9.40. The number of nitrogens with zero attached hydrogens (tertiary/aromatic N) is 7. The Morgan fingerprint density at radius 1 is 1.16 bits per heavy atom. The van der Waals surface area contributed by atoms with Gasteiger partial charge in [0.15, 0.2) is 11.0 Å². The second-order valence-corrected chi connectivity index (χ2v) is 9.38. The molecule has 0 amide bonds. The molecule has 0 aliphatic carbocycles. The van der Waals surface area contributed by atoms with Crippen LogP contribution >= 0.6 is 11.8 Å². The summed E-state index contributed by atoms with van der Waals surface area (Å²) in [6, 6.07) is 4.20. The summed E-state index contributed by atoms with van der Waals surface area (Å²) >= 11 is 1.69. The van der Waals surface area contributed by atoms with E-state index in [9.17, 15) is 8.78 Å². The first-order chi connectivity index (χ1) is 15.6. The second kappa shape index (κ2) is 9.11. The topological polar surface area (TPSA) is 63.0 Å². The predicted octanol–water partition coefficient (Wildman–Crippen LogP) is 3.24.